The first-order valence-corrected chi connectivity index (χ1v) is 4.84. The maximum Gasteiger partial charge on any atom is 0.391 e. The molecule has 0 aliphatic rings. The molecule has 1 aromatic rings. The van der Waals surface area contributed by atoms with Gasteiger partial charge in [0.25, 0.3) is 0 Å². The number of halogens is 4. The van der Waals surface area contributed by atoms with E-state index in [-0.39, 0.29) is 11.3 Å². The van der Waals surface area contributed by atoms with Gasteiger partial charge >= 0.3 is 6.18 Å². The van der Waals surface area contributed by atoms with Gasteiger partial charge in [-0.2, -0.15) is 18.4 Å². The second-order valence-corrected chi connectivity index (χ2v) is 3.71. The number of nitrogens with one attached hydrogen (secondary N) is 1. The topological polar surface area (TPSA) is 35.8 Å². The summed E-state index contributed by atoms with van der Waals surface area (Å²) in [4.78, 5) is 0. The average molecular weight is 246 g/mol. The lowest BCUT2D eigenvalue weighted by Gasteiger charge is -2.17. The van der Waals surface area contributed by atoms with Gasteiger partial charge in [0.1, 0.15) is 5.82 Å². The van der Waals surface area contributed by atoms with Crippen molar-refractivity contribution < 1.29 is 17.6 Å². The molecule has 0 spiro atoms. The molecule has 0 saturated carbocycles. The van der Waals surface area contributed by atoms with E-state index in [0.717, 1.165) is 12.1 Å². The minimum atomic E-state index is -4.28. The van der Waals surface area contributed by atoms with E-state index in [9.17, 15) is 17.6 Å². The monoisotopic (exact) mass is 246 g/mol. The lowest BCUT2D eigenvalue weighted by atomic mass is 10.1. The maximum absolute atomic E-state index is 13.0. The molecule has 1 rings (SSSR count). The summed E-state index contributed by atoms with van der Waals surface area (Å²) in [6.45, 7) is 1.34. The maximum atomic E-state index is 13.0. The van der Waals surface area contributed by atoms with Crippen molar-refractivity contribution in [3.05, 3.63) is 29.6 Å². The Morgan fingerprint density at radius 1 is 1.35 bits per heavy atom. The van der Waals surface area contributed by atoms with Crippen LogP contribution in [0, 0.1) is 17.1 Å². The molecule has 0 aliphatic heterocycles. The summed E-state index contributed by atoms with van der Waals surface area (Å²) < 4.78 is 49.2. The summed E-state index contributed by atoms with van der Waals surface area (Å²) in [5, 5.41) is 11.1. The Morgan fingerprint density at radius 2 is 2.00 bits per heavy atom. The van der Waals surface area contributed by atoms with E-state index in [1.807, 2.05) is 0 Å². The van der Waals surface area contributed by atoms with Crippen LogP contribution in [-0.4, -0.2) is 12.2 Å². The first kappa shape index (κ1) is 13.3. The van der Waals surface area contributed by atoms with Gasteiger partial charge in [0.15, 0.2) is 0 Å². The molecule has 0 saturated heterocycles. The van der Waals surface area contributed by atoms with Gasteiger partial charge < -0.3 is 5.32 Å². The highest BCUT2D eigenvalue weighted by molar-refractivity contribution is 5.50. The van der Waals surface area contributed by atoms with Gasteiger partial charge in [0.05, 0.1) is 18.1 Å². The van der Waals surface area contributed by atoms with Crippen molar-refractivity contribution in [1.82, 2.24) is 0 Å². The third kappa shape index (κ3) is 4.72. The summed E-state index contributed by atoms with van der Waals surface area (Å²) in [5.74, 6) is -0.661. The Morgan fingerprint density at radius 3 is 2.53 bits per heavy atom. The van der Waals surface area contributed by atoms with Crippen LogP contribution >= 0.6 is 0 Å². The van der Waals surface area contributed by atoms with Crippen LogP contribution in [0.25, 0.3) is 0 Å². The van der Waals surface area contributed by atoms with E-state index in [2.05, 4.69) is 5.32 Å². The van der Waals surface area contributed by atoms with Crippen molar-refractivity contribution in [1.29, 1.82) is 5.26 Å². The number of hydrogen-bond donors (Lipinski definition) is 1. The van der Waals surface area contributed by atoms with E-state index in [4.69, 9.17) is 5.26 Å². The number of nitrogens with zero attached hydrogens (tertiary/aromatic N) is 1. The second-order valence-electron chi connectivity index (χ2n) is 3.71. The average Bonchev–Trinajstić information content (AvgIpc) is 2.13. The third-order valence-electron chi connectivity index (χ3n) is 1.98. The number of anilines is 1. The normalized spacial score (nSPS) is 12.9. The van der Waals surface area contributed by atoms with Gasteiger partial charge in [-0.1, -0.05) is 0 Å². The predicted octanol–water partition coefficient (Wildman–Crippen LogP) is 3.45. The molecule has 0 radical (unpaired) electrons. The predicted molar refractivity (Wildman–Crippen MR) is 54.9 cm³/mol. The first-order valence-electron chi connectivity index (χ1n) is 4.84. The molecule has 1 unspecified atom stereocenters. The molecule has 1 aromatic carbocycles. The Labute approximate surface area is 95.9 Å². The summed E-state index contributed by atoms with van der Waals surface area (Å²) in [6.07, 6.45) is -5.30. The summed E-state index contributed by atoms with van der Waals surface area (Å²) >= 11 is 0. The highest BCUT2D eigenvalue weighted by Crippen LogP contribution is 2.23. The van der Waals surface area contributed by atoms with Crippen LogP contribution in [0.3, 0.4) is 0 Å². The summed E-state index contributed by atoms with van der Waals surface area (Å²) in [7, 11) is 0. The van der Waals surface area contributed by atoms with Gasteiger partial charge in [-0.25, -0.2) is 4.39 Å². The van der Waals surface area contributed by atoms with Crippen molar-refractivity contribution in [2.45, 2.75) is 25.6 Å². The van der Waals surface area contributed by atoms with Crippen molar-refractivity contribution in [2.24, 2.45) is 0 Å². The van der Waals surface area contributed by atoms with Gasteiger partial charge in [-0.3, -0.25) is 0 Å². The molecule has 0 fully saturated rings. The third-order valence-corrected chi connectivity index (χ3v) is 1.98. The van der Waals surface area contributed by atoms with Crippen molar-refractivity contribution in [3.8, 4) is 6.07 Å². The lowest BCUT2D eigenvalue weighted by Crippen LogP contribution is -2.23. The quantitative estimate of drug-likeness (QED) is 0.829. The highest BCUT2D eigenvalue weighted by Gasteiger charge is 2.29. The van der Waals surface area contributed by atoms with Gasteiger partial charge in [-0.15, -0.1) is 0 Å². The van der Waals surface area contributed by atoms with Crippen LogP contribution in [0.4, 0.5) is 23.2 Å². The van der Waals surface area contributed by atoms with Crippen molar-refractivity contribution >= 4 is 5.69 Å². The zero-order chi connectivity index (χ0) is 13.1. The molecule has 1 N–H and O–H groups in total. The van der Waals surface area contributed by atoms with Crippen LogP contribution in [0.5, 0.6) is 0 Å². The minimum absolute atomic E-state index is 0.0618. The molecule has 0 aromatic heterocycles. The number of alkyl halides is 3. The standard InChI is InChI=1S/C11H10F4N2/c1-7(5-11(13,14)15)17-10-3-8(6-16)2-9(12)4-10/h2-4,7,17H,5H2,1H3. The smallest absolute Gasteiger partial charge is 0.382 e. The minimum Gasteiger partial charge on any atom is -0.382 e. The number of benzene rings is 1. The molecular formula is C11H10F4N2. The fourth-order valence-electron chi connectivity index (χ4n) is 1.42. The second kappa shape index (κ2) is 5.04. The molecule has 6 heteroatoms. The fraction of sp³-hybridized carbons (Fsp3) is 0.364. The molecule has 92 valence electrons. The van der Waals surface area contributed by atoms with Crippen LogP contribution < -0.4 is 5.32 Å². The van der Waals surface area contributed by atoms with E-state index in [0.29, 0.717) is 0 Å². The fourth-order valence-corrected chi connectivity index (χ4v) is 1.42. The Balaban J connectivity index is 2.75. The van der Waals surface area contributed by atoms with Gasteiger partial charge in [-0.05, 0) is 25.1 Å². The zero-order valence-electron chi connectivity index (χ0n) is 8.98. The molecule has 17 heavy (non-hydrogen) atoms. The molecule has 2 nitrogen and oxygen atoms in total. The van der Waals surface area contributed by atoms with Crippen LogP contribution in [0.2, 0.25) is 0 Å². The summed E-state index contributed by atoms with van der Waals surface area (Å²) in [5.41, 5.74) is 0.227. The van der Waals surface area contributed by atoms with E-state index >= 15 is 0 Å². The highest BCUT2D eigenvalue weighted by atomic mass is 19.4. The molecule has 0 heterocycles. The van der Waals surface area contributed by atoms with E-state index < -0.39 is 24.5 Å². The molecular weight excluding hydrogens is 236 g/mol. The Kier molecular flexibility index (Phi) is 3.94. The molecule has 0 bridgehead atoms. The van der Waals surface area contributed by atoms with Crippen LogP contribution in [0.15, 0.2) is 18.2 Å². The van der Waals surface area contributed by atoms with E-state index in [1.54, 1.807) is 6.07 Å². The largest absolute Gasteiger partial charge is 0.391 e. The van der Waals surface area contributed by atoms with Gasteiger partial charge in [0, 0.05) is 11.7 Å². The van der Waals surface area contributed by atoms with Crippen molar-refractivity contribution in [2.75, 3.05) is 5.32 Å². The summed E-state index contributed by atoms with van der Waals surface area (Å²) in [6, 6.07) is 4.21. The Hall–Kier alpha value is -1.77. The molecule has 0 aliphatic carbocycles. The van der Waals surface area contributed by atoms with Crippen LogP contribution in [-0.2, 0) is 0 Å². The first-order chi connectivity index (χ1) is 7.80. The van der Waals surface area contributed by atoms with Gasteiger partial charge in [0.2, 0.25) is 0 Å². The lowest BCUT2D eigenvalue weighted by molar-refractivity contribution is -0.136. The number of rotatable bonds is 3. The Bertz CT molecular complexity index is 434. The SMILES string of the molecule is CC(CC(F)(F)F)Nc1cc(F)cc(C#N)c1. The zero-order valence-corrected chi connectivity index (χ0v) is 8.98. The molecule has 1 atom stereocenters. The number of nitriles is 1. The van der Waals surface area contributed by atoms with Crippen molar-refractivity contribution in [3.63, 3.8) is 0 Å². The number of hydrogen-bond acceptors (Lipinski definition) is 2. The molecule has 0 amide bonds. The van der Waals surface area contributed by atoms with Crippen LogP contribution in [0.1, 0.15) is 18.9 Å². The van der Waals surface area contributed by atoms with E-state index in [1.165, 1.54) is 13.0 Å².